The van der Waals surface area contributed by atoms with E-state index >= 15 is 0 Å². The van der Waals surface area contributed by atoms with Gasteiger partial charge in [-0.2, -0.15) is 0 Å². The van der Waals surface area contributed by atoms with Gasteiger partial charge in [-0.3, -0.25) is 4.57 Å². The van der Waals surface area contributed by atoms with Gasteiger partial charge < -0.3 is 4.74 Å². The fourth-order valence-electron chi connectivity index (χ4n) is 2.37. The Morgan fingerprint density at radius 3 is 3.14 bits per heavy atom. The van der Waals surface area contributed by atoms with Gasteiger partial charge in [0.1, 0.15) is 5.82 Å². The van der Waals surface area contributed by atoms with Crippen LogP contribution in [0.4, 0.5) is 4.39 Å². The first-order valence-electron chi connectivity index (χ1n) is 6.97. The van der Waals surface area contributed by atoms with Crippen molar-refractivity contribution in [3.05, 3.63) is 45.1 Å². The summed E-state index contributed by atoms with van der Waals surface area (Å²) < 4.78 is 20.9. The van der Waals surface area contributed by atoms with Crippen molar-refractivity contribution in [1.29, 1.82) is 0 Å². The van der Waals surface area contributed by atoms with Crippen molar-refractivity contribution in [2.24, 2.45) is 0 Å². The predicted octanol–water partition coefficient (Wildman–Crippen LogP) is 2.84. The van der Waals surface area contributed by atoms with Gasteiger partial charge in [-0.15, -0.1) is 5.10 Å². The number of nitrogens with one attached hydrogen (secondary N) is 1. The number of thioether (sulfide) groups is 1. The summed E-state index contributed by atoms with van der Waals surface area (Å²) >= 11 is 7.28. The Morgan fingerprint density at radius 1 is 1.55 bits per heavy atom. The molecule has 1 aromatic carbocycles. The van der Waals surface area contributed by atoms with Crippen molar-refractivity contribution in [3.8, 4) is 0 Å². The molecule has 5 nitrogen and oxygen atoms in total. The predicted molar refractivity (Wildman–Crippen MR) is 82.8 cm³/mol. The SMILES string of the molecule is O=c1[nH]nc(SCc2c(F)cccc2Cl)n1C[C@H]1CCCO1. The molecule has 118 valence electrons. The topological polar surface area (TPSA) is 59.9 Å². The number of H-pyrrole nitrogens is 1. The zero-order valence-electron chi connectivity index (χ0n) is 11.7. The van der Waals surface area contributed by atoms with E-state index in [-0.39, 0.29) is 17.6 Å². The second kappa shape index (κ2) is 6.85. The van der Waals surface area contributed by atoms with Gasteiger partial charge in [0.2, 0.25) is 0 Å². The number of ether oxygens (including phenoxy) is 1. The van der Waals surface area contributed by atoms with Crippen molar-refractivity contribution in [3.63, 3.8) is 0 Å². The Labute approximate surface area is 135 Å². The van der Waals surface area contributed by atoms with E-state index in [4.69, 9.17) is 16.3 Å². The number of benzene rings is 1. The molecule has 1 fully saturated rings. The first kappa shape index (κ1) is 15.6. The standard InChI is InChI=1S/C14H15ClFN3O2S/c15-11-4-1-5-12(16)10(11)8-22-14-18-17-13(20)19(14)7-9-3-2-6-21-9/h1,4-5,9H,2-3,6-8H2,(H,17,20)/t9-/m1/s1. The fourth-order valence-corrected chi connectivity index (χ4v) is 3.67. The number of hydrogen-bond acceptors (Lipinski definition) is 4. The van der Waals surface area contributed by atoms with E-state index in [1.54, 1.807) is 12.1 Å². The van der Waals surface area contributed by atoms with E-state index in [0.717, 1.165) is 19.4 Å². The summed E-state index contributed by atoms with van der Waals surface area (Å²) in [7, 11) is 0. The Kier molecular flexibility index (Phi) is 4.85. The summed E-state index contributed by atoms with van der Waals surface area (Å²) in [5, 5.41) is 7.32. The number of hydrogen-bond donors (Lipinski definition) is 1. The van der Waals surface area contributed by atoms with Gasteiger partial charge >= 0.3 is 5.69 Å². The highest BCUT2D eigenvalue weighted by molar-refractivity contribution is 7.98. The lowest BCUT2D eigenvalue weighted by Gasteiger charge is -2.11. The smallest absolute Gasteiger partial charge is 0.344 e. The van der Waals surface area contributed by atoms with Crippen LogP contribution >= 0.6 is 23.4 Å². The molecule has 8 heteroatoms. The highest BCUT2D eigenvalue weighted by Gasteiger charge is 2.20. The van der Waals surface area contributed by atoms with Gasteiger partial charge in [0.15, 0.2) is 5.16 Å². The molecule has 0 aliphatic carbocycles. The first-order chi connectivity index (χ1) is 10.6. The van der Waals surface area contributed by atoms with E-state index in [1.807, 2.05) is 0 Å². The van der Waals surface area contributed by atoms with Crippen LogP contribution in [0.1, 0.15) is 18.4 Å². The minimum atomic E-state index is -0.358. The molecule has 2 heterocycles. The molecule has 3 rings (SSSR count). The normalized spacial score (nSPS) is 18.0. The van der Waals surface area contributed by atoms with Gasteiger partial charge in [-0.1, -0.05) is 29.4 Å². The molecule has 1 aliphatic heterocycles. The molecule has 1 atom stereocenters. The first-order valence-corrected chi connectivity index (χ1v) is 8.34. The van der Waals surface area contributed by atoms with Gasteiger partial charge in [-0.05, 0) is 25.0 Å². The molecule has 22 heavy (non-hydrogen) atoms. The summed E-state index contributed by atoms with van der Waals surface area (Å²) in [5.74, 6) is -0.0509. The van der Waals surface area contributed by atoms with Crippen LogP contribution in [0.15, 0.2) is 28.2 Å². The lowest BCUT2D eigenvalue weighted by Crippen LogP contribution is -2.24. The van der Waals surface area contributed by atoms with Crippen LogP contribution in [0, 0.1) is 5.82 Å². The van der Waals surface area contributed by atoms with E-state index in [0.29, 0.717) is 28.0 Å². The molecule has 0 saturated carbocycles. The zero-order valence-corrected chi connectivity index (χ0v) is 13.3. The van der Waals surface area contributed by atoms with Crippen molar-refractivity contribution < 1.29 is 9.13 Å². The molecule has 0 bridgehead atoms. The van der Waals surface area contributed by atoms with Gasteiger partial charge in [0.05, 0.1) is 12.6 Å². The second-order valence-corrected chi connectivity index (χ2v) is 6.40. The summed E-state index contributed by atoms with van der Waals surface area (Å²) in [4.78, 5) is 11.8. The Hall–Kier alpha value is -1.31. The number of nitrogens with zero attached hydrogens (tertiary/aromatic N) is 2. The highest BCUT2D eigenvalue weighted by Crippen LogP contribution is 2.27. The average Bonchev–Trinajstić information content (AvgIpc) is 3.11. The fraction of sp³-hybridized carbons (Fsp3) is 0.429. The van der Waals surface area contributed by atoms with Crippen LogP contribution in [-0.2, 0) is 17.0 Å². The largest absolute Gasteiger partial charge is 0.376 e. The summed E-state index contributed by atoms with van der Waals surface area (Å²) in [5.41, 5.74) is 0.130. The molecule has 2 aromatic rings. The Bertz CT molecular complexity index is 692. The number of aromatic nitrogens is 3. The van der Waals surface area contributed by atoms with Crippen LogP contribution in [0.3, 0.4) is 0 Å². The molecule has 0 radical (unpaired) electrons. The van der Waals surface area contributed by atoms with Crippen molar-refractivity contribution in [1.82, 2.24) is 14.8 Å². The second-order valence-electron chi connectivity index (χ2n) is 5.05. The average molecular weight is 344 g/mol. The van der Waals surface area contributed by atoms with Crippen molar-refractivity contribution in [2.45, 2.75) is 36.4 Å². The monoisotopic (exact) mass is 343 g/mol. The number of aromatic amines is 1. The van der Waals surface area contributed by atoms with Gasteiger partial charge in [0, 0.05) is 22.9 Å². The maximum absolute atomic E-state index is 13.8. The summed E-state index contributed by atoms with van der Waals surface area (Å²) in [6.07, 6.45) is 1.97. The third-order valence-corrected chi connectivity index (χ3v) is 4.90. The van der Waals surface area contributed by atoms with Gasteiger partial charge in [0.25, 0.3) is 0 Å². The lowest BCUT2D eigenvalue weighted by molar-refractivity contribution is 0.0941. The molecular formula is C14H15ClFN3O2S. The van der Waals surface area contributed by atoms with E-state index in [9.17, 15) is 9.18 Å². The molecule has 1 saturated heterocycles. The third-order valence-electron chi connectivity index (χ3n) is 3.54. The van der Waals surface area contributed by atoms with E-state index < -0.39 is 0 Å². The molecule has 0 unspecified atom stereocenters. The zero-order chi connectivity index (χ0) is 15.5. The summed E-state index contributed by atoms with van der Waals surface area (Å²) in [6.45, 7) is 1.19. The van der Waals surface area contributed by atoms with E-state index in [1.165, 1.54) is 22.4 Å². The van der Waals surface area contributed by atoms with Crippen LogP contribution < -0.4 is 5.69 Å². The van der Waals surface area contributed by atoms with Crippen LogP contribution in [0.2, 0.25) is 5.02 Å². The Morgan fingerprint density at radius 2 is 2.41 bits per heavy atom. The molecule has 1 aliphatic rings. The minimum Gasteiger partial charge on any atom is -0.376 e. The molecule has 1 N–H and O–H groups in total. The minimum absolute atomic E-state index is 0.0340. The third kappa shape index (κ3) is 3.37. The van der Waals surface area contributed by atoms with Gasteiger partial charge in [-0.25, -0.2) is 14.3 Å². The highest BCUT2D eigenvalue weighted by atomic mass is 35.5. The maximum atomic E-state index is 13.8. The summed E-state index contributed by atoms with van der Waals surface area (Å²) in [6, 6.07) is 4.57. The quantitative estimate of drug-likeness (QED) is 0.848. The van der Waals surface area contributed by atoms with Crippen LogP contribution in [-0.4, -0.2) is 27.5 Å². The molecule has 1 aromatic heterocycles. The van der Waals surface area contributed by atoms with E-state index in [2.05, 4.69) is 10.2 Å². The van der Waals surface area contributed by atoms with Crippen molar-refractivity contribution in [2.75, 3.05) is 6.61 Å². The molecule has 0 amide bonds. The number of rotatable bonds is 5. The Balaban J connectivity index is 1.74. The van der Waals surface area contributed by atoms with Crippen LogP contribution in [0.25, 0.3) is 0 Å². The lowest BCUT2D eigenvalue weighted by atomic mass is 10.2. The number of halogens is 2. The molecular weight excluding hydrogens is 329 g/mol. The molecule has 0 spiro atoms. The van der Waals surface area contributed by atoms with Crippen molar-refractivity contribution >= 4 is 23.4 Å². The maximum Gasteiger partial charge on any atom is 0.344 e. The van der Waals surface area contributed by atoms with Crippen LogP contribution in [0.5, 0.6) is 0 Å².